The molecule has 2 aromatic heterocycles. The first-order chi connectivity index (χ1) is 15.0. The normalized spacial score (nSPS) is 14.3. The molecule has 2 aromatic carbocycles. The van der Waals surface area contributed by atoms with Gasteiger partial charge in [-0.25, -0.2) is 0 Å². The van der Waals surface area contributed by atoms with Crippen molar-refractivity contribution < 1.29 is 14.4 Å². The quantitative estimate of drug-likeness (QED) is 0.495. The molecular formula is C23H20ClN3O4. The number of nitrogens with one attached hydrogen (secondary N) is 1. The predicted octanol–water partition coefficient (Wildman–Crippen LogP) is 4.35. The number of fused-ring (bicyclic) bond motifs is 1. The maximum absolute atomic E-state index is 12.6. The lowest BCUT2D eigenvalue weighted by molar-refractivity contribution is 0.122. The van der Waals surface area contributed by atoms with Crippen LogP contribution in [0.2, 0.25) is 5.02 Å². The van der Waals surface area contributed by atoms with Crippen molar-refractivity contribution in [2.45, 2.75) is 6.92 Å². The zero-order chi connectivity index (χ0) is 21.5. The van der Waals surface area contributed by atoms with Crippen LogP contribution in [0.4, 0.5) is 5.69 Å². The number of aromatic hydroxyl groups is 1. The van der Waals surface area contributed by atoms with Crippen molar-refractivity contribution >= 4 is 28.2 Å². The Morgan fingerprint density at radius 1 is 1.13 bits per heavy atom. The summed E-state index contributed by atoms with van der Waals surface area (Å²) in [6.07, 6.45) is 0. The molecule has 4 aromatic rings. The lowest BCUT2D eigenvalue weighted by Crippen LogP contribution is -2.36. The summed E-state index contributed by atoms with van der Waals surface area (Å²) >= 11 is 6.53. The average molecular weight is 438 g/mol. The fourth-order valence-electron chi connectivity index (χ4n) is 3.90. The molecule has 0 atom stereocenters. The van der Waals surface area contributed by atoms with Gasteiger partial charge in [0.2, 0.25) is 0 Å². The first kappa shape index (κ1) is 19.7. The summed E-state index contributed by atoms with van der Waals surface area (Å²) in [6.45, 7) is 4.92. The SMILES string of the molecule is Cc1cc(-c2c(O)c3cc(-c4ccc(N5CCOCC5)cc4)c(Cl)cc3[nH]c2=O)on1. The molecule has 0 saturated carbocycles. The molecule has 0 unspecified atom stereocenters. The Kier molecular flexibility index (Phi) is 4.92. The summed E-state index contributed by atoms with van der Waals surface area (Å²) < 4.78 is 10.6. The number of hydrogen-bond donors (Lipinski definition) is 2. The van der Waals surface area contributed by atoms with Crippen LogP contribution in [0.5, 0.6) is 5.75 Å². The van der Waals surface area contributed by atoms with E-state index in [1.807, 2.05) is 12.1 Å². The highest BCUT2D eigenvalue weighted by Gasteiger charge is 2.19. The molecule has 0 spiro atoms. The van der Waals surface area contributed by atoms with Gasteiger partial charge in [-0.1, -0.05) is 28.9 Å². The third-order valence-corrected chi connectivity index (χ3v) is 5.82. The van der Waals surface area contributed by atoms with Gasteiger partial charge < -0.3 is 24.3 Å². The van der Waals surface area contributed by atoms with Crippen molar-refractivity contribution in [2.75, 3.05) is 31.2 Å². The van der Waals surface area contributed by atoms with E-state index < -0.39 is 5.56 Å². The van der Waals surface area contributed by atoms with E-state index in [9.17, 15) is 9.90 Å². The number of morpholine rings is 1. The molecule has 7 nitrogen and oxygen atoms in total. The first-order valence-corrected chi connectivity index (χ1v) is 10.3. The van der Waals surface area contributed by atoms with Gasteiger partial charge >= 0.3 is 0 Å². The molecule has 0 bridgehead atoms. The lowest BCUT2D eigenvalue weighted by Gasteiger charge is -2.29. The molecule has 3 heterocycles. The van der Waals surface area contributed by atoms with Gasteiger partial charge in [-0.2, -0.15) is 0 Å². The Hall–Kier alpha value is -3.29. The minimum absolute atomic E-state index is 0.0454. The number of nitrogens with zero attached hydrogens (tertiary/aromatic N) is 2. The first-order valence-electron chi connectivity index (χ1n) is 9.96. The third kappa shape index (κ3) is 3.56. The van der Waals surface area contributed by atoms with E-state index in [0.29, 0.717) is 21.6 Å². The average Bonchev–Trinajstić information content (AvgIpc) is 3.20. The van der Waals surface area contributed by atoms with Crippen molar-refractivity contribution in [3.63, 3.8) is 0 Å². The van der Waals surface area contributed by atoms with Crippen LogP contribution in [0.3, 0.4) is 0 Å². The maximum atomic E-state index is 12.6. The molecule has 1 fully saturated rings. The smallest absolute Gasteiger partial charge is 0.263 e. The molecule has 1 saturated heterocycles. The fourth-order valence-corrected chi connectivity index (χ4v) is 4.18. The van der Waals surface area contributed by atoms with Gasteiger partial charge in [-0.05, 0) is 36.8 Å². The van der Waals surface area contributed by atoms with E-state index in [-0.39, 0.29) is 17.1 Å². The van der Waals surface area contributed by atoms with Crippen LogP contribution in [0.15, 0.2) is 51.8 Å². The highest BCUT2D eigenvalue weighted by Crippen LogP contribution is 2.38. The number of anilines is 1. The van der Waals surface area contributed by atoms with E-state index in [1.165, 1.54) is 0 Å². The number of H-pyrrole nitrogens is 1. The zero-order valence-corrected chi connectivity index (χ0v) is 17.6. The van der Waals surface area contributed by atoms with Crippen LogP contribution in [-0.4, -0.2) is 41.6 Å². The number of pyridine rings is 1. The monoisotopic (exact) mass is 437 g/mol. The van der Waals surface area contributed by atoms with Crippen molar-refractivity contribution in [3.8, 4) is 28.2 Å². The summed E-state index contributed by atoms with van der Waals surface area (Å²) in [5.74, 6) is 0.0438. The Morgan fingerprint density at radius 3 is 2.55 bits per heavy atom. The van der Waals surface area contributed by atoms with Gasteiger partial charge in [-0.15, -0.1) is 0 Å². The molecule has 0 radical (unpaired) electrons. The van der Waals surface area contributed by atoms with Gasteiger partial charge in [0.25, 0.3) is 5.56 Å². The minimum atomic E-state index is -0.472. The standard InChI is InChI=1S/C23H20ClN3O4/c1-13-10-20(31-26-13)21-22(28)17-11-16(18(24)12-19(17)25-23(21)29)14-2-4-15(5-3-14)27-6-8-30-9-7-27/h2-5,10-12H,6-9H2,1H3,(H2,25,28,29). The molecule has 2 N–H and O–H groups in total. The van der Waals surface area contributed by atoms with Crippen LogP contribution >= 0.6 is 11.6 Å². The number of ether oxygens (including phenoxy) is 1. The molecule has 0 amide bonds. The van der Waals surface area contributed by atoms with Gasteiger partial charge in [0, 0.05) is 35.8 Å². The lowest BCUT2D eigenvalue weighted by atomic mass is 10.0. The maximum Gasteiger partial charge on any atom is 0.263 e. The van der Waals surface area contributed by atoms with E-state index in [1.54, 1.807) is 25.1 Å². The second-order valence-corrected chi connectivity index (χ2v) is 7.94. The largest absolute Gasteiger partial charge is 0.506 e. The predicted molar refractivity (Wildman–Crippen MR) is 120 cm³/mol. The molecule has 31 heavy (non-hydrogen) atoms. The Morgan fingerprint density at radius 2 is 1.87 bits per heavy atom. The van der Waals surface area contributed by atoms with E-state index in [2.05, 4.69) is 27.2 Å². The highest BCUT2D eigenvalue weighted by atomic mass is 35.5. The summed E-state index contributed by atoms with van der Waals surface area (Å²) in [5, 5.41) is 15.7. The molecule has 0 aliphatic carbocycles. The molecule has 1 aliphatic heterocycles. The Bertz CT molecular complexity index is 1320. The third-order valence-electron chi connectivity index (χ3n) is 5.50. The van der Waals surface area contributed by atoms with Crippen LogP contribution < -0.4 is 10.5 Å². The van der Waals surface area contributed by atoms with Gasteiger partial charge in [0.05, 0.1) is 29.4 Å². The number of aromatic nitrogens is 2. The summed E-state index contributed by atoms with van der Waals surface area (Å²) in [4.78, 5) is 17.6. The number of aromatic amines is 1. The Balaban J connectivity index is 1.59. The van der Waals surface area contributed by atoms with Crippen molar-refractivity contribution in [2.24, 2.45) is 0 Å². The highest BCUT2D eigenvalue weighted by molar-refractivity contribution is 6.34. The molecule has 158 valence electrons. The second-order valence-electron chi connectivity index (χ2n) is 7.53. The molecule has 1 aliphatic rings. The zero-order valence-electron chi connectivity index (χ0n) is 16.8. The molecule has 8 heteroatoms. The van der Waals surface area contributed by atoms with Crippen LogP contribution in [0.25, 0.3) is 33.4 Å². The van der Waals surface area contributed by atoms with Crippen molar-refractivity contribution in [3.05, 3.63) is 63.5 Å². The summed E-state index contributed by atoms with van der Waals surface area (Å²) in [7, 11) is 0. The second kappa shape index (κ2) is 7.76. The van der Waals surface area contributed by atoms with Crippen LogP contribution in [-0.2, 0) is 4.74 Å². The Labute approximate surface area is 182 Å². The summed E-state index contributed by atoms with van der Waals surface area (Å²) in [5.41, 5.74) is 3.42. The van der Waals surface area contributed by atoms with Crippen molar-refractivity contribution in [1.29, 1.82) is 0 Å². The number of halogens is 1. The van der Waals surface area contributed by atoms with E-state index in [0.717, 1.165) is 43.1 Å². The minimum Gasteiger partial charge on any atom is -0.506 e. The van der Waals surface area contributed by atoms with E-state index >= 15 is 0 Å². The summed E-state index contributed by atoms with van der Waals surface area (Å²) in [6, 6.07) is 13.1. The van der Waals surface area contributed by atoms with Gasteiger partial charge in [0.1, 0.15) is 11.3 Å². The van der Waals surface area contributed by atoms with Crippen LogP contribution in [0, 0.1) is 6.92 Å². The van der Waals surface area contributed by atoms with Crippen molar-refractivity contribution in [1.82, 2.24) is 10.1 Å². The number of hydrogen-bond acceptors (Lipinski definition) is 6. The number of benzene rings is 2. The van der Waals surface area contributed by atoms with E-state index in [4.69, 9.17) is 20.9 Å². The van der Waals surface area contributed by atoms with Gasteiger partial charge in [0.15, 0.2) is 5.76 Å². The molecular weight excluding hydrogens is 418 g/mol. The fraction of sp³-hybridized carbons (Fsp3) is 0.217. The van der Waals surface area contributed by atoms with Crippen LogP contribution in [0.1, 0.15) is 5.69 Å². The topological polar surface area (TPSA) is 91.6 Å². The number of aryl methyl sites for hydroxylation is 1. The number of rotatable bonds is 3. The molecule has 5 rings (SSSR count). The van der Waals surface area contributed by atoms with Gasteiger partial charge in [-0.3, -0.25) is 4.79 Å².